The van der Waals surface area contributed by atoms with E-state index < -0.39 is 10.1 Å². The minimum atomic E-state index is -4.16. The van der Waals surface area contributed by atoms with Crippen molar-refractivity contribution in [2.24, 2.45) is 0 Å². The van der Waals surface area contributed by atoms with Crippen molar-refractivity contribution < 1.29 is 22.2 Å². The minimum Gasteiger partial charge on any atom is -0.748 e. The molecule has 7 heteroatoms. The first-order chi connectivity index (χ1) is 11.7. The van der Waals surface area contributed by atoms with Gasteiger partial charge in [-0.2, -0.15) is 0 Å². The molecule has 0 atom stereocenters. The van der Waals surface area contributed by atoms with Crippen LogP contribution >= 0.6 is 0 Å². The molecule has 0 unspecified atom stereocenters. The van der Waals surface area contributed by atoms with Gasteiger partial charge in [0.25, 0.3) is 0 Å². The summed E-state index contributed by atoms with van der Waals surface area (Å²) in [5, 5.41) is 2.85. The van der Waals surface area contributed by atoms with Crippen molar-refractivity contribution in [2.75, 3.05) is 38.5 Å². The zero-order chi connectivity index (χ0) is 19.3. The maximum Gasteiger partial charge on any atom is 0.246 e. The number of nitrogens with zero attached hydrogens (tertiary/aromatic N) is 1. The monoisotopic (exact) mass is 376 g/mol. The third kappa shape index (κ3) is 12.1. The van der Waals surface area contributed by atoms with E-state index in [-0.39, 0.29) is 11.7 Å². The molecule has 0 heterocycles. The van der Waals surface area contributed by atoms with E-state index in [9.17, 15) is 17.8 Å². The number of nitrogens with one attached hydrogen (secondary N) is 1. The summed E-state index contributed by atoms with van der Waals surface area (Å²) in [6.45, 7) is 13.7. The van der Waals surface area contributed by atoms with Crippen molar-refractivity contribution in [3.63, 3.8) is 0 Å². The lowest BCUT2D eigenvalue weighted by Crippen LogP contribution is -2.51. The van der Waals surface area contributed by atoms with Crippen LogP contribution in [0.15, 0.2) is 12.2 Å². The van der Waals surface area contributed by atoms with Crippen LogP contribution in [0.1, 0.15) is 59.3 Å². The predicted octanol–water partition coefficient (Wildman–Crippen LogP) is 2.42. The fourth-order valence-corrected chi connectivity index (χ4v) is 3.48. The molecule has 0 saturated heterocycles. The SMILES string of the molecule is C=C(C)C(=O)NCCC[N+](CCCC)(CCCC)CCCS(=O)(=O)[O-]. The minimum absolute atomic E-state index is 0.127. The van der Waals surface area contributed by atoms with E-state index >= 15 is 0 Å². The average molecular weight is 377 g/mol. The van der Waals surface area contributed by atoms with Gasteiger partial charge in [-0.1, -0.05) is 33.3 Å². The first-order valence-electron chi connectivity index (χ1n) is 9.38. The normalized spacial score (nSPS) is 12.2. The van der Waals surface area contributed by atoms with E-state index in [2.05, 4.69) is 25.7 Å². The molecule has 6 nitrogen and oxygen atoms in total. The molecule has 0 bridgehead atoms. The third-order valence-electron chi connectivity index (χ3n) is 4.48. The lowest BCUT2D eigenvalue weighted by molar-refractivity contribution is -0.928. The summed E-state index contributed by atoms with van der Waals surface area (Å²) in [5.74, 6) is -0.421. The molecule has 0 rings (SSSR count). The van der Waals surface area contributed by atoms with Crippen molar-refractivity contribution in [3.05, 3.63) is 12.2 Å². The molecule has 148 valence electrons. The smallest absolute Gasteiger partial charge is 0.246 e. The molecule has 0 aromatic carbocycles. The van der Waals surface area contributed by atoms with E-state index in [4.69, 9.17) is 0 Å². The van der Waals surface area contributed by atoms with Gasteiger partial charge in [0.1, 0.15) is 0 Å². The van der Waals surface area contributed by atoms with Crippen LogP contribution in [0, 0.1) is 0 Å². The molecule has 0 aromatic heterocycles. The second-order valence-electron chi connectivity index (χ2n) is 6.95. The van der Waals surface area contributed by atoms with E-state index in [0.717, 1.165) is 56.2 Å². The highest BCUT2D eigenvalue weighted by Crippen LogP contribution is 2.15. The Morgan fingerprint density at radius 1 is 1.00 bits per heavy atom. The number of carbonyl (C=O) groups is 1. The highest BCUT2D eigenvalue weighted by atomic mass is 32.2. The summed E-state index contributed by atoms with van der Waals surface area (Å²) in [6.07, 6.45) is 5.54. The van der Waals surface area contributed by atoms with Crippen LogP contribution in [0.3, 0.4) is 0 Å². The van der Waals surface area contributed by atoms with Gasteiger partial charge in [-0.25, -0.2) is 8.42 Å². The topological polar surface area (TPSA) is 86.3 Å². The van der Waals surface area contributed by atoms with Gasteiger partial charge in [-0.05, 0) is 19.8 Å². The molecule has 0 radical (unpaired) electrons. The van der Waals surface area contributed by atoms with Crippen molar-refractivity contribution in [1.82, 2.24) is 5.32 Å². The largest absolute Gasteiger partial charge is 0.748 e. The number of unbranched alkanes of at least 4 members (excludes halogenated alkanes) is 2. The van der Waals surface area contributed by atoms with Gasteiger partial charge in [0.05, 0.1) is 36.3 Å². The summed E-state index contributed by atoms with van der Waals surface area (Å²) >= 11 is 0. The Bertz CT molecular complexity index is 495. The second kappa shape index (κ2) is 12.4. The first kappa shape index (κ1) is 24.1. The molecular weight excluding hydrogens is 340 g/mol. The number of amides is 1. The molecular formula is C18H36N2O4S. The Morgan fingerprint density at radius 3 is 1.92 bits per heavy atom. The zero-order valence-corrected chi connectivity index (χ0v) is 17.0. The maximum atomic E-state index is 11.6. The van der Waals surface area contributed by atoms with Gasteiger partial charge in [-0.15, -0.1) is 0 Å². The zero-order valence-electron chi connectivity index (χ0n) is 16.2. The van der Waals surface area contributed by atoms with Crippen molar-refractivity contribution in [2.45, 2.75) is 59.3 Å². The average Bonchev–Trinajstić information content (AvgIpc) is 2.53. The number of quaternary nitrogens is 1. The summed E-state index contributed by atoms with van der Waals surface area (Å²) in [6, 6.07) is 0. The maximum absolute atomic E-state index is 11.6. The Balaban J connectivity index is 4.78. The lowest BCUT2D eigenvalue weighted by Gasteiger charge is -2.39. The first-order valence-corrected chi connectivity index (χ1v) is 11.0. The Labute approximate surface area is 154 Å². The van der Waals surface area contributed by atoms with Crippen LogP contribution in [0.2, 0.25) is 0 Å². The summed E-state index contributed by atoms with van der Waals surface area (Å²) < 4.78 is 33.6. The molecule has 0 aliphatic heterocycles. The van der Waals surface area contributed by atoms with E-state index in [1.807, 2.05) is 0 Å². The van der Waals surface area contributed by atoms with Crippen LogP contribution in [0.5, 0.6) is 0 Å². The van der Waals surface area contributed by atoms with Crippen molar-refractivity contribution in [1.29, 1.82) is 0 Å². The van der Waals surface area contributed by atoms with Gasteiger partial charge < -0.3 is 14.4 Å². The van der Waals surface area contributed by atoms with Crippen molar-refractivity contribution in [3.8, 4) is 0 Å². The van der Waals surface area contributed by atoms with Crippen molar-refractivity contribution >= 4 is 16.0 Å². The molecule has 0 fully saturated rings. The van der Waals surface area contributed by atoms with Gasteiger partial charge in [0.15, 0.2) is 0 Å². The van der Waals surface area contributed by atoms with E-state index in [0.29, 0.717) is 25.1 Å². The number of hydrogen-bond donors (Lipinski definition) is 1. The third-order valence-corrected chi connectivity index (χ3v) is 5.27. The van der Waals surface area contributed by atoms with E-state index in [1.54, 1.807) is 6.92 Å². The highest BCUT2D eigenvalue weighted by Gasteiger charge is 2.25. The fraction of sp³-hybridized carbons (Fsp3) is 0.833. The van der Waals surface area contributed by atoms with Crippen LogP contribution in [0.25, 0.3) is 0 Å². The second-order valence-corrected chi connectivity index (χ2v) is 8.47. The number of carbonyl (C=O) groups excluding carboxylic acids is 1. The molecule has 0 aliphatic carbocycles. The van der Waals surface area contributed by atoms with Crippen LogP contribution in [-0.4, -0.2) is 61.8 Å². The number of hydrogen-bond acceptors (Lipinski definition) is 4. The Hall–Kier alpha value is -0.920. The van der Waals surface area contributed by atoms with Gasteiger partial charge >= 0.3 is 0 Å². The van der Waals surface area contributed by atoms with Gasteiger partial charge in [0, 0.05) is 30.7 Å². The fourth-order valence-electron chi connectivity index (χ4n) is 3.00. The van der Waals surface area contributed by atoms with Crippen LogP contribution in [-0.2, 0) is 14.9 Å². The molecule has 0 spiro atoms. The highest BCUT2D eigenvalue weighted by molar-refractivity contribution is 7.85. The summed E-state index contributed by atoms with van der Waals surface area (Å²) in [4.78, 5) is 11.6. The standard InChI is InChI=1S/C18H36N2O4S/c1-5-7-12-20(13-8-6-2,15-10-16-25(22,23)24)14-9-11-19-18(21)17(3)4/h3,5-16H2,1-2,4H3,(H-,19,21,22,23,24). The van der Waals surface area contributed by atoms with Crippen LogP contribution < -0.4 is 5.32 Å². The Kier molecular flexibility index (Phi) is 12.0. The van der Waals surface area contributed by atoms with Gasteiger partial charge in [-0.3, -0.25) is 4.79 Å². The molecule has 0 aromatic rings. The summed E-state index contributed by atoms with van der Waals surface area (Å²) in [5.41, 5.74) is 0.498. The summed E-state index contributed by atoms with van der Waals surface area (Å²) in [7, 11) is -4.16. The molecule has 1 amide bonds. The lowest BCUT2D eigenvalue weighted by atomic mass is 10.1. The number of rotatable bonds is 15. The van der Waals surface area contributed by atoms with Crippen LogP contribution in [0.4, 0.5) is 0 Å². The predicted molar refractivity (Wildman–Crippen MR) is 101 cm³/mol. The Morgan fingerprint density at radius 2 is 1.48 bits per heavy atom. The molecule has 0 aliphatic rings. The molecule has 25 heavy (non-hydrogen) atoms. The molecule has 1 N–H and O–H groups in total. The quantitative estimate of drug-likeness (QED) is 0.206. The van der Waals surface area contributed by atoms with E-state index in [1.165, 1.54) is 0 Å². The molecule has 0 saturated carbocycles. The van der Waals surface area contributed by atoms with Gasteiger partial charge in [0.2, 0.25) is 5.91 Å².